The number of hydrogen-bond donors (Lipinski definition) is 2. The predicted molar refractivity (Wildman–Crippen MR) is 136 cm³/mol. The third-order valence-corrected chi connectivity index (χ3v) is 6.85. The van der Waals surface area contributed by atoms with Crippen LogP contribution in [-0.4, -0.2) is 88.5 Å². The van der Waals surface area contributed by atoms with Crippen molar-refractivity contribution in [1.82, 2.24) is 14.8 Å². The number of esters is 1. The Labute approximate surface area is 219 Å². The third kappa shape index (κ3) is 5.04. The summed E-state index contributed by atoms with van der Waals surface area (Å²) in [6, 6.07) is 4.61. The molecule has 1 aromatic carbocycles. The molecule has 0 saturated carbocycles. The number of nitrogens with zero attached hydrogens (tertiary/aromatic N) is 3. The molecule has 4 rings (SSSR count). The number of aromatic amines is 1. The van der Waals surface area contributed by atoms with Crippen LogP contribution in [0.3, 0.4) is 0 Å². The second-order valence-corrected chi connectivity index (χ2v) is 9.14. The molecule has 0 spiro atoms. The van der Waals surface area contributed by atoms with Gasteiger partial charge in [-0.3, -0.25) is 24.6 Å². The molecule has 202 valence electrons. The van der Waals surface area contributed by atoms with Crippen LogP contribution in [0, 0.1) is 24.0 Å². The van der Waals surface area contributed by atoms with Gasteiger partial charge >= 0.3 is 5.97 Å². The number of morpholine rings is 1. The Kier molecular flexibility index (Phi) is 7.93. The highest BCUT2D eigenvalue weighted by Gasteiger charge is 2.47. The highest BCUT2D eigenvalue weighted by molar-refractivity contribution is 6.46. The van der Waals surface area contributed by atoms with E-state index in [1.165, 1.54) is 23.1 Å². The van der Waals surface area contributed by atoms with Crippen LogP contribution in [0.15, 0.2) is 29.8 Å². The Balaban J connectivity index is 1.82. The number of nitrogens with one attached hydrogen (secondary N) is 1. The SMILES string of the molecule is CCOC(=O)c1[nH]c(C)c(C(O)=C2C(=O)C(=O)N(CCN3CCOCC3)C2c2cccc([N+](=O)[O-])c2)c1C. The van der Waals surface area contributed by atoms with Crippen molar-refractivity contribution in [2.45, 2.75) is 26.8 Å². The van der Waals surface area contributed by atoms with Crippen molar-refractivity contribution in [3.63, 3.8) is 0 Å². The fourth-order valence-electron chi connectivity index (χ4n) is 4.99. The van der Waals surface area contributed by atoms with E-state index < -0.39 is 34.4 Å². The molecule has 3 heterocycles. The van der Waals surface area contributed by atoms with Crippen LogP contribution in [0.1, 0.15) is 45.8 Å². The number of carbonyl (C=O) groups excluding carboxylic acids is 3. The number of aliphatic hydroxyl groups is 1. The summed E-state index contributed by atoms with van der Waals surface area (Å²) in [5.74, 6) is -2.80. The Hall–Kier alpha value is -4.03. The van der Waals surface area contributed by atoms with Gasteiger partial charge < -0.3 is 24.5 Å². The number of likely N-dealkylation sites (tertiary alicyclic amines) is 1. The molecule has 1 aromatic heterocycles. The zero-order valence-corrected chi connectivity index (χ0v) is 21.5. The lowest BCUT2D eigenvalue weighted by Gasteiger charge is -2.31. The molecule has 0 aliphatic carbocycles. The topological polar surface area (TPSA) is 155 Å². The smallest absolute Gasteiger partial charge is 0.355 e. The van der Waals surface area contributed by atoms with Crippen LogP contribution < -0.4 is 0 Å². The van der Waals surface area contributed by atoms with Crippen molar-refractivity contribution in [1.29, 1.82) is 0 Å². The average molecular weight is 527 g/mol. The Morgan fingerprint density at radius 2 is 1.95 bits per heavy atom. The molecule has 2 aromatic rings. The number of amides is 1. The van der Waals surface area contributed by atoms with Gasteiger partial charge in [0.05, 0.1) is 36.4 Å². The highest BCUT2D eigenvalue weighted by atomic mass is 16.6. The first kappa shape index (κ1) is 27.0. The molecule has 12 nitrogen and oxygen atoms in total. The van der Waals surface area contributed by atoms with Crippen LogP contribution in [0.25, 0.3) is 5.76 Å². The van der Waals surface area contributed by atoms with E-state index in [9.17, 15) is 29.6 Å². The number of ether oxygens (including phenoxy) is 2. The molecule has 38 heavy (non-hydrogen) atoms. The van der Waals surface area contributed by atoms with Gasteiger partial charge in [-0.2, -0.15) is 0 Å². The van der Waals surface area contributed by atoms with Gasteiger partial charge in [-0.05, 0) is 31.9 Å². The van der Waals surface area contributed by atoms with Crippen molar-refractivity contribution in [3.8, 4) is 0 Å². The summed E-state index contributed by atoms with van der Waals surface area (Å²) >= 11 is 0. The molecule has 2 fully saturated rings. The fourth-order valence-corrected chi connectivity index (χ4v) is 4.99. The van der Waals surface area contributed by atoms with Gasteiger partial charge in [-0.1, -0.05) is 12.1 Å². The molecule has 1 amide bonds. The summed E-state index contributed by atoms with van der Waals surface area (Å²) in [5, 5.41) is 23.0. The second kappa shape index (κ2) is 11.2. The quantitative estimate of drug-likeness (QED) is 0.132. The lowest BCUT2D eigenvalue weighted by atomic mass is 9.93. The van der Waals surface area contributed by atoms with E-state index in [1.54, 1.807) is 26.8 Å². The first-order chi connectivity index (χ1) is 18.1. The van der Waals surface area contributed by atoms with Crippen molar-refractivity contribution in [2.24, 2.45) is 0 Å². The molecule has 2 aliphatic rings. The summed E-state index contributed by atoms with van der Waals surface area (Å²) in [6.07, 6.45) is 0. The van der Waals surface area contributed by atoms with Crippen molar-refractivity contribution < 1.29 is 33.9 Å². The molecule has 2 saturated heterocycles. The number of non-ortho nitro benzene ring substituents is 1. The number of carbonyl (C=O) groups is 3. The number of nitro benzene ring substituents is 1. The molecule has 1 unspecified atom stereocenters. The standard InChI is InChI=1S/C26H30N4O8/c1-4-38-26(34)21-15(2)19(16(3)27-21)23(31)20-22(17-6-5-7-18(14-17)30(35)36)29(25(33)24(20)32)9-8-28-10-12-37-13-11-28/h5-7,14,22,27,31H,4,8-13H2,1-3H3. The highest BCUT2D eigenvalue weighted by Crippen LogP contribution is 2.41. The molecule has 0 radical (unpaired) electrons. The minimum Gasteiger partial charge on any atom is -0.507 e. The van der Waals surface area contributed by atoms with E-state index in [0.29, 0.717) is 49.7 Å². The largest absolute Gasteiger partial charge is 0.507 e. The predicted octanol–water partition coefficient (Wildman–Crippen LogP) is 2.47. The van der Waals surface area contributed by atoms with Gasteiger partial charge in [-0.25, -0.2) is 4.79 Å². The van der Waals surface area contributed by atoms with Crippen LogP contribution in [0.4, 0.5) is 5.69 Å². The third-order valence-electron chi connectivity index (χ3n) is 6.85. The molecule has 2 N–H and O–H groups in total. The summed E-state index contributed by atoms with van der Waals surface area (Å²) < 4.78 is 10.5. The number of aliphatic hydroxyl groups excluding tert-OH is 1. The van der Waals surface area contributed by atoms with E-state index >= 15 is 0 Å². The van der Waals surface area contributed by atoms with Crippen LogP contribution in [-0.2, 0) is 19.1 Å². The molecule has 1 atom stereocenters. The summed E-state index contributed by atoms with van der Waals surface area (Å²) in [5.41, 5.74) is 1.00. The molecule has 0 bridgehead atoms. The first-order valence-corrected chi connectivity index (χ1v) is 12.3. The first-order valence-electron chi connectivity index (χ1n) is 12.3. The lowest BCUT2D eigenvalue weighted by Crippen LogP contribution is -2.42. The molecule has 2 aliphatic heterocycles. The second-order valence-electron chi connectivity index (χ2n) is 9.14. The Bertz CT molecular complexity index is 1310. The number of H-pyrrole nitrogens is 1. The Morgan fingerprint density at radius 1 is 1.24 bits per heavy atom. The zero-order chi connectivity index (χ0) is 27.6. The van der Waals surface area contributed by atoms with Gasteiger partial charge in [0.15, 0.2) is 0 Å². The lowest BCUT2D eigenvalue weighted by molar-refractivity contribution is -0.384. The normalized spacial score (nSPS) is 19.7. The minimum atomic E-state index is -1.06. The number of hydrogen-bond acceptors (Lipinski definition) is 9. The summed E-state index contributed by atoms with van der Waals surface area (Å²) in [4.78, 5) is 56.3. The van der Waals surface area contributed by atoms with Gasteiger partial charge in [0.2, 0.25) is 0 Å². The number of nitro groups is 1. The van der Waals surface area contributed by atoms with Gasteiger partial charge in [0.25, 0.3) is 17.4 Å². The maximum atomic E-state index is 13.4. The zero-order valence-electron chi connectivity index (χ0n) is 21.5. The summed E-state index contributed by atoms with van der Waals surface area (Å²) in [7, 11) is 0. The number of rotatable bonds is 8. The van der Waals surface area contributed by atoms with E-state index in [2.05, 4.69) is 9.88 Å². The van der Waals surface area contributed by atoms with Gasteiger partial charge in [0, 0.05) is 49.6 Å². The maximum absolute atomic E-state index is 13.4. The van der Waals surface area contributed by atoms with Crippen LogP contribution in [0.2, 0.25) is 0 Å². The molecular formula is C26H30N4O8. The number of aromatic nitrogens is 1. The number of benzene rings is 1. The Morgan fingerprint density at radius 3 is 2.61 bits per heavy atom. The van der Waals surface area contributed by atoms with E-state index in [1.807, 2.05) is 0 Å². The van der Waals surface area contributed by atoms with Crippen molar-refractivity contribution in [2.75, 3.05) is 46.0 Å². The van der Waals surface area contributed by atoms with Crippen LogP contribution >= 0.6 is 0 Å². The molecular weight excluding hydrogens is 496 g/mol. The average Bonchev–Trinajstić information content (AvgIpc) is 3.34. The van der Waals surface area contributed by atoms with E-state index in [0.717, 1.165) is 0 Å². The van der Waals surface area contributed by atoms with Gasteiger partial charge in [-0.15, -0.1) is 0 Å². The number of aryl methyl sites for hydroxylation is 1. The van der Waals surface area contributed by atoms with Crippen molar-refractivity contribution in [3.05, 3.63) is 68.0 Å². The fraction of sp³-hybridized carbons (Fsp3) is 0.423. The minimum absolute atomic E-state index is 0.124. The van der Waals surface area contributed by atoms with Crippen LogP contribution in [0.5, 0.6) is 0 Å². The van der Waals surface area contributed by atoms with E-state index in [4.69, 9.17) is 9.47 Å². The van der Waals surface area contributed by atoms with E-state index in [-0.39, 0.29) is 35.7 Å². The number of Topliss-reactive ketones (excluding diaryl/α,β-unsaturated/α-hetero) is 1. The maximum Gasteiger partial charge on any atom is 0.355 e. The van der Waals surface area contributed by atoms with Crippen molar-refractivity contribution >= 4 is 29.1 Å². The molecule has 12 heteroatoms. The van der Waals surface area contributed by atoms with Gasteiger partial charge in [0.1, 0.15) is 11.5 Å². The monoisotopic (exact) mass is 526 g/mol. The number of ketones is 1. The summed E-state index contributed by atoms with van der Waals surface area (Å²) in [6.45, 7) is 8.12.